The molecule has 0 amide bonds. The molecule has 6 heteroatoms. The molecular weight excluding hydrogens is 482 g/mol. The molecule has 4 heterocycles. The van der Waals surface area contributed by atoms with Crippen LogP contribution < -0.4 is 0 Å². The van der Waals surface area contributed by atoms with Crippen LogP contribution in [0.15, 0.2) is 132 Å². The Hall–Kier alpha value is -5.49. The zero-order valence-corrected chi connectivity index (χ0v) is 20.8. The van der Waals surface area contributed by atoms with Crippen molar-refractivity contribution in [1.82, 2.24) is 24.3 Å². The topological polar surface area (TPSA) is 61.7 Å². The molecule has 4 aromatic heterocycles. The molecule has 0 aliphatic carbocycles. The van der Waals surface area contributed by atoms with E-state index in [0.29, 0.717) is 5.89 Å². The Balaban J connectivity index is 1.31. The van der Waals surface area contributed by atoms with Crippen LogP contribution in [0.2, 0.25) is 0 Å². The van der Waals surface area contributed by atoms with Gasteiger partial charge in [-0.3, -0.25) is 4.98 Å². The molecule has 0 atom stereocenters. The van der Waals surface area contributed by atoms with Gasteiger partial charge in [0, 0.05) is 46.2 Å². The number of hydrogen-bond donors (Lipinski definition) is 0. The van der Waals surface area contributed by atoms with Crippen molar-refractivity contribution in [3.8, 4) is 34.1 Å². The van der Waals surface area contributed by atoms with E-state index in [9.17, 15) is 0 Å². The first-order chi connectivity index (χ1) is 19.3. The number of hydrogen-bond acceptors (Lipinski definition) is 4. The molecule has 0 aliphatic heterocycles. The smallest absolute Gasteiger partial charge is 0.227 e. The molecule has 0 saturated heterocycles. The normalized spacial score (nSPS) is 11.6. The van der Waals surface area contributed by atoms with Crippen molar-refractivity contribution >= 4 is 32.9 Å². The first kappa shape index (κ1) is 21.6. The summed E-state index contributed by atoms with van der Waals surface area (Å²) in [5.74, 6) is 0.587. The van der Waals surface area contributed by atoms with Gasteiger partial charge in [0.2, 0.25) is 5.89 Å². The molecule has 0 unspecified atom stereocenters. The van der Waals surface area contributed by atoms with Crippen LogP contribution in [0.3, 0.4) is 0 Å². The Morgan fingerprint density at radius 2 is 1.54 bits per heavy atom. The standard InChI is InChI=1S/C33H21N5O/c1-2-11-30-26(9-1)27-14-12-23(33-36-29-21-24(13-15-32(29)39-33)37-18-6-17-35-37)20-31(27)38(30)25-8-5-7-22(19-25)28-10-3-4-16-34-28/h1-21H. The predicted octanol–water partition coefficient (Wildman–Crippen LogP) is 7.84. The van der Waals surface area contributed by atoms with Crippen LogP contribution >= 0.6 is 0 Å². The summed E-state index contributed by atoms with van der Waals surface area (Å²) in [4.78, 5) is 9.40. The Labute approximate surface area is 223 Å². The van der Waals surface area contributed by atoms with E-state index >= 15 is 0 Å². The number of pyridine rings is 1. The summed E-state index contributed by atoms with van der Waals surface area (Å²) < 4.78 is 10.3. The van der Waals surface area contributed by atoms with Crippen LogP contribution in [0.4, 0.5) is 0 Å². The second-order valence-corrected chi connectivity index (χ2v) is 9.47. The van der Waals surface area contributed by atoms with E-state index < -0.39 is 0 Å². The summed E-state index contributed by atoms with van der Waals surface area (Å²) in [6.45, 7) is 0. The monoisotopic (exact) mass is 503 g/mol. The maximum absolute atomic E-state index is 6.21. The number of nitrogens with zero attached hydrogens (tertiary/aromatic N) is 5. The van der Waals surface area contributed by atoms with Gasteiger partial charge in [-0.25, -0.2) is 9.67 Å². The van der Waals surface area contributed by atoms with Gasteiger partial charge < -0.3 is 8.98 Å². The maximum Gasteiger partial charge on any atom is 0.227 e. The predicted molar refractivity (Wildman–Crippen MR) is 154 cm³/mol. The van der Waals surface area contributed by atoms with Crippen LogP contribution in [0, 0.1) is 0 Å². The van der Waals surface area contributed by atoms with Crippen molar-refractivity contribution in [3.63, 3.8) is 0 Å². The Morgan fingerprint density at radius 3 is 2.44 bits per heavy atom. The third-order valence-electron chi connectivity index (χ3n) is 7.13. The number of rotatable bonds is 4. The Morgan fingerprint density at radius 1 is 0.615 bits per heavy atom. The molecule has 39 heavy (non-hydrogen) atoms. The second kappa shape index (κ2) is 8.53. The molecule has 0 spiro atoms. The molecule has 184 valence electrons. The average molecular weight is 504 g/mol. The van der Waals surface area contributed by atoms with Crippen molar-refractivity contribution in [2.24, 2.45) is 0 Å². The van der Waals surface area contributed by atoms with Crippen molar-refractivity contribution in [3.05, 3.63) is 128 Å². The lowest BCUT2D eigenvalue weighted by molar-refractivity contribution is 0.620. The van der Waals surface area contributed by atoms with E-state index in [4.69, 9.17) is 9.40 Å². The molecule has 0 aliphatic rings. The number of oxazole rings is 1. The van der Waals surface area contributed by atoms with Gasteiger partial charge in [0.1, 0.15) is 5.52 Å². The molecule has 0 N–H and O–H groups in total. The summed E-state index contributed by atoms with van der Waals surface area (Å²) in [6.07, 6.45) is 5.50. The van der Waals surface area contributed by atoms with Crippen molar-refractivity contribution in [2.45, 2.75) is 0 Å². The molecule has 0 fully saturated rings. The summed E-state index contributed by atoms with van der Waals surface area (Å²) in [5.41, 5.74) is 8.72. The highest BCUT2D eigenvalue weighted by molar-refractivity contribution is 6.10. The van der Waals surface area contributed by atoms with Crippen LogP contribution in [-0.2, 0) is 0 Å². The van der Waals surface area contributed by atoms with Gasteiger partial charge in [0.05, 0.1) is 22.4 Å². The lowest BCUT2D eigenvalue weighted by atomic mass is 10.1. The van der Waals surface area contributed by atoms with Gasteiger partial charge in [-0.15, -0.1) is 0 Å². The van der Waals surface area contributed by atoms with Crippen LogP contribution in [-0.4, -0.2) is 24.3 Å². The largest absolute Gasteiger partial charge is 0.436 e. The molecule has 6 nitrogen and oxygen atoms in total. The number of para-hydroxylation sites is 1. The third-order valence-corrected chi connectivity index (χ3v) is 7.13. The molecule has 0 saturated carbocycles. The van der Waals surface area contributed by atoms with Gasteiger partial charge in [-0.2, -0.15) is 5.10 Å². The Bertz CT molecular complexity index is 2120. The summed E-state index contributed by atoms with van der Waals surface area (Å²) in [5, 5.41) is 6.70. The van der Waals surface area contributed by atoms with E-state index in [0.717, 1.165) is 50.3 Å². The van der Waals surface area contributed by atoms with E-state index in [1.165, 1.54) is 10.8 Å². The average Bonchev–Trinajstić information content (AvgIpc) is 3.75. The summed E-state index contributed by atoms with van der Waals surface area (Å²) >= 11 is 0. The van der Waals surface area contributed by atoms with Gasteiger partial charge in [0.25, 0.3) is 0 Å². The molecular formula is C33H21N5O. The maximum atomic E-state index is 6.21. The van der Waals surface area contributed by atoms with Gasteiger partial charge >= 0.3 is 0 Å². The highest BCUT2D eigenvalue weighted by atomic mass is 16.3. The minimum absolute atomic E-state index is 0.587. The zero-order chi connectivity index (χ0) is 25.8. The molecule has 0 radical (unpaired) electrons. The zero-order valence-electron chi connectivity index (χ0n) is 20.8. The van der Waals surface area contributed by atoms with Crippen LogP contribution in [0.25, 0.3) is 67.0 Å². The van der Waals surface area contributed by atoms with Gasteiger partial charge in [0.15, 0.2) is 5.58 Å². The Kier molecular flexibility index (Phi) is 4.72. The number of fused-ring (bicyclic) bond motifs is 4. The highest BCUT2D eigenvalue weighted by Crippen LogP contribution is 2.36. The quantitative estimate of drug-likeness (QED) is 0.245. The summed E-state index contributed by atoms with van der Waals surface area (Å²) in [6, 6.07) is 37.3. The van der Waals surface area contributed by atoms with Crippen LogP contribution in [0.5, 0.6) is 0 Å². The third kappa shape index (κ3) is 3.54. The fraction of sp³-hybridized carbons (Fsp3) is 0. The molecule has 4 aromatic carbocycles. The lowest BCUT2D eigenvalue weighted by Gasteiger charge is -2.10. The van der Waals surface area contributed by atoms with Crippen molar-refractivity contribution < 1.29 is 4.42 Å². The second-order valence-electron chi connectivity index (χ2n) is 9.47. The van der Waals surface area contributed by atoms with E-state index in [1.807, 2.05) is 59.5 Å². The van der Waals surface area contributed by atoms with Gasteiger partial charge in [-0.1, -0.05) is 42.5 Å². The molecule has 0 bridgehead atoms. The van der Waals surface area contributed by atoms with Crippen LogP contribution in [0.1, 0.15) is 0 Å². The van der Waals surface area contributed by atoms with E-state index in [1.54, 1.807) is 6.20 Å². The molecule has 8 aromatic rings. The minimum atomic E-state index is 0.587. The van der Waals surface area contributed by atoms with Crippen molar-refractivity contribution in [1.29, 1.82) is 0 Å². The van der Waals surface area contributed by atoms with E-state index in [-0.39, 0.29) is 0 Å². The fourth-order valence-corrected chi connectivity index (χ4v) is 5.32. The SMILES string of the molecule is c1ccc(-c2cccc(-n3c4ccccc4c4ccc(-c5nc6cc(-n7cccn7)ccc6o5)cc43)c2)nc1. The first-order valence-electron chi connectivity index (χ1n) is 12.8. The van der Waals surface area contributed by atoms with E-state index in [2.05, 4.69) is 81.4 Å². The lowest BCUT2D eigenvalue weighted by Crippen LogP contribution is -1.95. The van der Waals surface area contributed by atoms with Gasteiger partial charge in [-0.05, 0) is 66.7 Å². The number of aromatic nitrogens is 5. The first-order valence-corrected chi connectivity index (χ1v) is 12.8. The fourth-order valence-electron chi connectivity index (χ4n) is 5.32. The van der Waals surface area contributed by atoms with Crippen molar-refractivity contribution in [2.75, 3.05) is 0 Å². The highest BCUT2D eigenvalue weighted by Gasteiger charge is 2.16. The molecule has 8 rings (SSSR count). The summed E-state index contributed by atoms with van der Waals surface area (Å²) in [7, 11) is 0. The number of benzene rings is 4. The minimum Gasteiger partial charge on any atom is -0.436 e.